The summed E-state index contributed by atoms with van der Waals surface area (Å²) in [5.41, 5.74) is 0. The van der Waals surface area contributed by atoms with Crippen LogP contribution in [0.15, 0.2) is 0 Å². The second kappa shape index (κ2) is 4.09. The minimum absolute atomic E-state index is 0.00207. The molecule has 0 aromatic heterocycles. The van der Waals surface area contributed by atoms with E-state index in [1.165, 1.54) is 0 Å². The summed E-state index contributed by atoms with van der Waals surface area (Å²) in [6, 6.07) is 0. The first-order valence-electron chi connectivity index (χ1n) is 2.91. The lowest BCUT2D eigenvalue weighted by molar-refractivity contribution is 0.163. The number of rotatable bonds is 4. The summed E-state index contributed by atoms with van der Waals surface area (Å²) in [4.78, 5) is -0.504. The molecule has 9 heavy (non-hydrogen) atoms. The van der Waals surface area contributed by atoms with Crippen LogP contribution in [0.2, 0.25) is 0 Å². The Morgan fingerprint density at radius 1 is 1.67 bits per heavy atom. The van der Waals surface area contributed by atoms with Crippen LogP contribution >= 0.6 is 11.6 Å². The Bertz CT molecular complexity index is 73.5. The Labute approximate surface area is 60.8 Å². The van der Waals surface area contributed by atoms with Gasteiger partial charge in [-0.1, -0.05) is 0 Å². The molecule has 0 aliphatic heterocycles. The summed E-state index contributed by atoms with van der Waals surface area (Å²) in [6.07, 6.45) is 0.682. The van der Waals surface area contributed by atoms with Crippen LogP contribution in [0.1, 0.15) is 13.3 Å². The van der Waals surface area contributed by atoms with Crippen LogP contribution < -0.4 is 0 Å². The van der Waals surface area contributed by atoms with Gasteiger partial charge >= 0.3 is 0 Å². The predicted octanol–water partition coefficient (Wildman–Crippen LogP) is 1.01. The largest absolute Gasteiger partial charge is 0.395 e. The molecule has 56 valence electrons. The van der Waals surface area contributed by atoms with Crippen molar-refractivity contribution >= 4 is 11.6 Å². The number of alkyl halides is 1. The van der Waals surface area contributed by atoms with E-state index >= 15 is 0 Å². The normalized spacial score (nSPS) is 17.3. The summed E-state index contributed by atoms with van der Waals surface area (Å²) in [5, 5.41) is 8.63. The van der Waals surface area contributed by atoms with E-state index in [1.807, 2.05) is 0 Å². The highest BCUT2D eigenvalue weighted by atomic mass is 35.5. The lowest BCUT2D eigenvalue weighted by atomic mass is 10.1. The number of hydrogen-bond donors (Lipinski definition) is 1. The van der Waals surface area contributed by atoms with Crippen molar-refractivity contribution in [1.29, 1.82) is 0 Å². The highest BCUT2D eigenvalue weighted by Crippen LogP contribution is 2.17. The molecule has 1 atom stereocenters. The van der Waals surface area contributed by atoms with Gasteiger partial charge in [0.2, 0.25) is 0 Å². The maximum atomic E-state index is 8.63. The van der Waals surface area contributed by atoms with Gasteiger partial charge in [-0.15, -0.1) is 11.6 Å². The van der Waals surface area contributed by atoms with Gasteiger partial charge in [0.1, 0.15) is 0 Å². The summed E-state index contributed by atoms with van der Waals surface area (Å²) in [5.74, 6) is 0. The van der Waals surface area contributed by atoms with E-state index in [-0.39, 0.29) is 6.61 Å². The molecule has 0 fully saturated rings. The Hall–Kier alpha value is 0.210. The predicted molar refractivity (Wildman–Crippen MR) is 37.8 cm³/mol. The van der Waals surface area contributed by atoms with Crippen molar-refractivity contribution in [3.63, 3.8) is 0 Å². The zero-order valence-corrected chi connectivity index (χ0v) is 6.61. The molecule has 0 saturated heterocycles. The lowest BCUT2D eigenvalue weighted by Gasteiger charge is -2.17. The maximum Gasteiger partial charge on any atom is 0.0670 e. The molecule has 0 amide bonds. The zero-order chi connectivity index (χ0) is 7.33. The molecule has 0 spiro atoms. The number of methoxy groups -OCH3 is 1. The van der Waals surface area contributed by atoms with Crippen molar-refractivity contribution in [2.75, 3.05) is 20.3 Å². The number of hydrogen-bond acceptors (Lipinski definition) is 2. The van der Waals surface area contributed by atoms with Crippen molar-refractivity contribution in [1.82, 2.24) is 0 Å². The van der Waals surface area contributed by atoms with Crippen LogP contribution in [0, 0.1) is 0 Å². The van der Waals surface area contributed by atoms with Crippen LogP contribution in [0.3, 0.4) is 0 Å². The minimum atomic E-state index is -0.504. The highest BCUT2D eigenvalue weighted by Gasteiger charge is 2.18. The van der Waals surface area contributed by atoms with Crippen molar-refractivity contribution in [2.24, 2.45) is 0 Å². The van der Waals surface area contributed by atoms with Crippen LogP contribution in [-0.4, -0.2) is 30.3 Å². The van der Waals surface area contributed by atoms with Gasteiger partial charge in [0.25, 0.3) is 0 Å². The number of aliphatic hydroxyl groups is 1. The SMILES string of the molecule is COCCC(C)(Cl)CO. The van der Waals surface area contributed by atoms with Crippen molar-refractivity contribution in [2.45, 2.75) is 18.2 Å². The summed E-state index contributed by atoms with van der Waals surface area (Å²) >= 11 is 5.77. The fourth-order valence-electron chi connectivity index (χ4n) is 0.394. The molecule has 3 heteroatoms. The summed E-state index contributed by atoms with van der Waals surface area (Å²) in [6.45, 7) is 2.38. The van der Waals surface area contributed by atoms with Crippen molar-refractivity contribution in [3.05, 3.63) is 0 Å². The van der Waals surface area contributed by atoms with Crippen LogP contribution in [0.4, 0.5) is 0 Å². The van der Waals surface area contributed by atoms with E-state index < -0.39 is 4.87 Å². The third-order valence-corrected chi connectivity index (χ3v) is 1.47. The fraction of sp³-hybridized carbons (Fsp3) is 1.00. The molecule has 0 heterocycles. The van der Waals surface area contributed by atoms with E-state index in [0.29, 0.717) is 13.0 Å². The fourth-order valence-corrected chi connectivity index (χ4v) is 0.471. The third-order valence-electron chi connectivity index (χ3n) is 1.16. The molecule has 0 radical (unpaired) electrons. The molecule has 0 aliphatic carbocycles. The molecule has 0 rings (SSSR count). The van der Waals surface area contributed by atoms with E-state index in [1.54, 1.807) is 14.0 Å². The second-order valence-electron chi connectivity index (χ2n) is 2.31. The average molecular weight is 153 g/mol. The molecule has 0 aromatic rings. The van der Waals surface area contributed by atoms with E-state index in [4.69, 9.17) is 21.4 Å². The van der Waals surface area contributed by atoms with Gasteiger partial charge < -0.3 is 9.84 Å². The molecule has 1 unspecified atom stereocenters. The van der Waals surface area contributed by atoms with Crippen LogP contribution in [-0.2, 0) is 4.74 Å². The van der Waals surface area contributed by atoms with Gasteiger partial charge in [-0.2, -0.15) is 0 Å². The van der Waals surface area contributed by atoms with Crippen molar-refractivity contribution in [3.8, 4) is 0 Å². The number of aliphatic hydroxyl groups excluding tert-OH is 1. The Morgan fingerprint density at radius 2 is 2.22 bits per heavy atom. The van der Waals surface area contributed by atoms with Crippen LogP contribution in [0.25, 0.3) is 0 Å². The second-order valence-corrected chi connectivity index (χ2v) is 3.23. The van der Waals surface area contributed by atoms with Gasteiger partial charge in [0.15, 0.2) is 0 Å². The topological polar surface area (TPSA) is 29.5 Å². The molecule has 0 aliphatic rings. The molecule has 1 N–H and O–H groups in total. The number of halogens is 1. The quantitative estimate of drug-likeness (QED) is 0.610. The molecule has 0 aromatic carbocycles. The van der Waals surface area contributed by atoms with Gasteiger partial charge in [-0.3, -0.25) is 0 Å². The van der Waals surface area contributed by atoms with Gasteiger partial charge in [0, 0.05) is 13.7 Å². The van der Waals surface area contributed by atoms with E-state index in [9.17, 15) is 0 Å². The molecular weight excluding hydrogens is 140 g/mol. The first-order chi connectivity index (χ1) is 4.12. The zero-order valence-electron chi connectivity index (χ0n) is 5.85. The van der Waals surface area contributed by atoms with Gasteiger partial charge in [-0.25, -0.2) is 0 Å². The Kier molecular flexibility index (Phi) is 4.19. The first kappa shape index (κ1) is 9.21. The monoisotopic (exact) mass is 152 g/mol. The Balaban J connectivity index is 3.33. The third kappa shape index (κ3) is 4.70. The Morgan fingerprint density at radius 3 is 2.56 bits per heavy atom. The van der Waals surface area contributed by atoms with Gasteiger partial charge in [-0.05, 0) is 13.3 Å². The van der Waals surface area contributed by atoms with E-state index in [2.05, 4.69) is 0 Å². The average Bonchev–Trinajstić information content (AvgIpc) is 1.84. The van der Waals surface area contributed by atoms with Gasteiger partial charge in [0.05, 0.1) is 11.5 Å². The molecule has 2 nitrogen and oxygen atoms in total. The minimum Gasteiger partial charge on any atom is -0.395 e. The maximum absolute atomic E-state index is 8.63. The van der Waals surface area contributed by atoms with Crippen molar-refractivity contribution < 1.29 is 9.84 Å². The molecule has 0 saturated carbocycles. The van der Waals surface area contributed by atoms with E-state index in [0.717, 1.165) is 0 Å². The lowest BCUT2D eigenvalue weighted by Crippen LogP contribution is -2.23. The summed E-state index contributed by atoms with van der Waals surface area (Å²) < 4.78 is 4.78. The first-order valence-corrected chi connectivity index (χ1v) is 3.29. The molecule has 0 bridgehead atoms. The van der Waals surface area contributed by atoms with Crippen LogP contribution in [0.5, 0.6) is 0 Å². The standard InChI is InChI=1S/C6H13ClO2/c1-6(7,5-8)3-4-9-2/h8H,3-5H2,1-2H3. The summed E-state index contributed by atoms with van der Waals surface area (Å²) in [7, 11) is 1.62. The number of ether oxygens (including phenoxy) is 1. The smallest absolute Gasteiger partial charge is 0.0670 e. The highest BCUT2D eigenvalue weighted by molar-refractivity contribution is 6.23. The molecular formula is C6H13ClO2.